The zero-order valence-electron chi connectivity index (χ0n) is 17.4. The van der Waals surface area contributed by atoms with E-state index in [-0.39, 0.29) is 23.7 Å². The minimum Gasteiger partial charge on any atom is -0.486 e. The molecular formula is C26H27NO2S. The van der Waals surface area contributed by atoms with Gasteiger partial charge >= 0.3 is 0 Å². The van der Waals surface area contributed by atoms with Gasteiger partial charge in [0.25, 0.3) is 0 Å². The molecule has 0 aromatic heterocycles. The van der Waals surface area contributed by atoms with E-state index in [0.29, 0.717) is 0 Å². The molecule has 1 unspecified atom stereocenters. The zero-order chi connectivity index (χ0) is 21.3. The van der Waals surface area contributed by atoms with E-state index < -0.39 is 0 Å². The molecule has 1 amide bonds. The highest BCUT2D eigenvalue weighted by Crippen LogP contribution is 2.41. The van der Waals surface area contributed by atoms with Crippen molar-refractivity contribution >= 4 is 18.5 Å². The molecule has 0 saturated carbocycles. The van der Waals surface area contributed by atoms with Gasteiger partial charge < -0.3 is 10.5 Å². The van der Waals surface area contributed by atoms with Crippen LogP contribution in [0.2, 0.25) is 0 Å². The van der Waals surface area contributed by atoms with Crippen LogP contribution >= 0.6 is 12.6 Å². The number of nitrogens with two attached hydrogens (primary N) is 1. The summed E-state index contributed by atoms with van der Waals surface area (Å²) in [5.41, 5.74) is 14.2. The van der Waals surface area contributed by atoms with Crippen LogP contribution in [0.25, 0.3) is 11.1 Å². The summed E-state index contributed by atoms with van der Waals surface area (Å²) >= 11 is 4.47. The van der Waals surface area contributed by atoms with Crippen molar-refractivity contribution in [2.75, 3.05) is 0 Å². The molecule has 1 aliphatic rings. The Labute approximate surface area is 183 Å². The van der Waals surface area contributed by atoms with Crippen LogP contribution in [-0.2, 0) is 11.2 Å². The van der Waals surface area contributed by atoms with Crippen LogP contribution in [0, 0.1) is 13.8 Å². The molecule has 3 aromatic rings. The second-order valence-corrected chi connectivity index (χ2v) is 8.66. The van der Waals surface area contributed by atoms with Crippen LogP contribution < -0.4 is 10.5 Å². The van der Waals surface area contributed by atoms with Crippen LogP contribution in [0.15, 0.2) is 60.7 Å². The summed E-state index contributed by atoms with van der Waals surface area (Å²) in [5.74, 6) is 0.478. The monoisotopic (exact) mass is 417 g/mol. The maximum absolute atomic E-state index is 11.1. The molecule has 4 heteroatoms. The van der Waals surface area contributed by atoms with Crippen LogP contribution in [0.5, 0.6) is 5.75 Å². The summed E-state index contributed by atoms with van der Waals surface area (Å²) in [4.78, 5) is 11.1. The quantitative estimate of drug-likeness (QED) is 0.492. The molecule has 154 valence electrons. The van der Waals surface area contributed by atoms with Crippen LogP contribution in [0.1, 0.15) is 52.0 Å². The Bertz CT molecular complexity index is 1050. The average molecular weight is 418 g/mol. The lowest BCUT2D eigenvalue weighted by molar-refractivity contribution is -0.118. The summed E-state index contributed by atoms with van der Waals surface area (Å²) in [6.45, 7) is 4.36. The highest BCUT2D eigenvalue weighted by atomic mass is 32.1. The molecule has 0 aliphatic heterocycles. The first-order chi connectivity index (χ1) is 14.4. The minimum atomic E-state index is -0.349. The fourth-order valence-corrected chi connectivity index (χ4v) is 4.81. The van der Waals surface area contributed by atoms with E-state index >= 15 is 0 Å². The van der Waals surface area contributed by atoms with Crippen LogP contribution in [0.4, 0.5) is 0 Å². The molecular weight excluding hydrogens is 390 g/mol. The molecule has 4 rings (SSSR count). The Kier molecular flexibility index (Phi) is 5.87. The number of thiol groups is 1. The smallest absolute Gasteiger partial charge is 0.218 e. The molecule has 2 N–H and O–H groups in total. The predicted octanol–water partition coefficient (Wildman–Crippen LogP) is 5.88. The van der Waals surface area contributed by atoms with E-state index in [1.54, 1.807) is 0 Å². The Balaban J connectivity index is 1.57. The number of aryl methyl sites for hydroxylation is 2. The fraction of sp³-hybridized carbons (Fsp3) is 0.269. The van der Waals surface area contributed by atoms with E-state index in [1.165, 1.54) is 33.4 Å². The Morgan fingerprint density at radius 1 is 1.07 bits per heavy atom. The van der Waals surface area contributed by atoms with Crippen molar-refractivity contribution in [3.63, 3.8) is 0 Å². The molecule has 3 nitrogen and oxygen atoms in total. The standard InChI is InChI=1S/C26H27NO2S/c1-16-5-3-6-17(2)26(16)22-8-4-7-21-20(22)13-14-23(21)29-19-11-9-18(10-12-19)24(30)15-25(27)28/h3-12,23-24,30H,13-15H2,1-2H3,(H2,27,28)/t23-,24?/m1/s1. The first-order valence-corrected chi connectivity index (χ1v) is 10.9. The summed E-state index contributed by atoms with van der Waals surface area (Å²) in [6.07, 6.45) is 2.25. The number of carbonyl (C=O) groups is 1. The number of ether oxygens (including phenoxy) is 1. The van der Waals surface area contributed by atoms with Gasteiger partial charge in [0.05, 0.1) is 0 Å². The third kappa shape index (κ3) is 4.10. The molecule has 2 atom stereocenters. The maximum atomic E-state index is 11.1. The second-order valence-electron chi connectivity index (χ2n) is 8.04. The third-order valence-electron chi connectivity index (χ3n) is 5.90. The number of amides is 1. The maximum Gasteiger partial charge on any atom is 0.218 e. The highest BCUT2D eigenvalue weighted by Gasteiger charge is 2.27. The van der Waals surface area contributed by atoms with Gasteiger partial charge in [-0.05, 0) is 77.8 Å². The highest BCUT2D eigenvalue weighted by molar-refractivity contribution is 7.80. The molecule has 0 heterocycles. The third-order valence-corrected chi connectivity index (χ3v) is 6.38. The molecule has 0 spiro atoms. The van der Waals surface area contributed by atoms with Gasteiger partial charge in [0.1, 0.15) is 11.9 Å². The molecule has 0 fully saturated rings. The number of primary amides is 1. The normalized spacial score (nSPS) is 16.2. The fourth-order valence-electron chi connectivity index (χ4n) is 4.45. The first kappa shape index (κ1) is 20.5. The lowest BCUT2D eigenvalue weighted by Crippen LogP contribution is -2.12. The van der Waals surface area contributed by atoms with E-state index in [2.05, 4.69) is 62.9 Å². The van der Waals surface area contributed by atoms with Crippen molar-refractivity contribution in [2.45, 2.75) is 44.5 Å². The van der Waals surface area contributed by atoms with Crippen molar-refractivity contribution in [1.82, 2.24) is 0 Å². The average Bonchev–Trinajstić information content (AvgIpc) is 3.11. The summed E-state index contributed by atoms with van der Waals surface area (Å²) in [5, 5.41) is -0.191. The molecule has 30 heavy (non-hydrogen) atoms. The number of hydrogen-bond acceptors (Lipinski definition) is 3. The number of rotatable bonds is 6. The van der Waals surface area contributed by atoms with Gasteiger partial charge in [-0.3, -0.25) is 4.79 Å². The van der Waals surface area contributed by atoms with Crippen LogP contribution in [0.3, 0.4) is 0 Å². The summed E-state index contributed by atoms with van der Waals surface area (Å²) in [7, 11) is 0. The second kappa shape index (κ2) is 8.57. The predicted molar refractivity (Wildman–Crippen MR) is 125 cm³/mol. The lowest BCUT2D eigenvalue weighted by Gasteiger charge is -2.18. The number of carbonyl (C=O) groups excluding carboxylic acids is 1. The van der Waals surface area contributed by atoms with Crippen molar-refractivity contribution in [1.29, 1.82) is 0 Å². The van der Waals surface area contributed by atoms with Crippen molar-refractivity contribution < 1.29 is 9.53 Å². The van der Waals surface area contributed by atoms with Gasteiger partial charge in [0, 0.05) is 11.7 Å². The van der Waals surface area contributed by atoms with E-state index in [1.807, 2.05) is 24.3 Å². The molecule has 3 aromatic carbocycles. The Morgan fingerprint density at radius 2 is 1.73 bits per heavy atom. The van der Waals surface area contributed by atoms with Crippen molar-refractivity contribution in [3.8, 4) is 16.9 Å². The van der Waals surface area contributed by atoms with Crippen molar-refractivity contribution in [2.24, 2.45) is 5.73 Å². The van der Waals surface area contributed by atoms with Gasteiger partial charge in [-0.1, -0.05) is 48.5 Å². The molecule has 0 radical (unpaired) electrons. The van der Waals surface area contributed by atoms with E-state index in [9.17, 15) is 4.79 Å². The number of fused-ring (bicyclic) bond motifs is 1. The first-order valence-electron chi connectivity index (χ1n) is 10.4. The van der Waals surface area contributed by atoms with Gasteiger partial charge in [-0.25, -0.2) is 0 Å². The molecule has 1 aliphatic carbocycles. The number of hydrogen-bond donors (Lipinski definition) is 2. The van der Waals surface area contributed by atoms with Crippen molar-refractivity contribution in [3.05, 3.63) is 88.5 Å². The van der Waals surface area contributed by atoms with Gasteiger partial charge in [-0.15, -0.1) is 0 Å². The summed E-state index contributed by atoms with van der Waals surface area (Å²) in [6, 6.07) is 20.9. The lowest BCUT2D eigenvalue weighted by atomic mass is 9.91. The van der Waals surface area contributed by atoms with Gasteiger partial charge in [0.2, 0.25) is 5.91 Å². The van der Waals surface area contributed by atoms with Gasteiger partial charge in [0.15, 0.2) is 0 Å². The van der Waals surface area contributed by atoms with Gasteiger partial charge in [-0.2, -0.15) is 12.6 Å². The minimum absolute atomic E-state index is 0.0487. The topological polar surface area (TPSA) is 52.3 Å². The van der Waals surface area contributed by atoms with Crippen LogP contribution in [-0.4, -0.2) is 5.91 Å². The molecule has 0 saturated heterocycles. The largest absolute Gasteiger partial charge is 0.486 e. The Morgan fingerprint density at radius 3 is 2.40 bits per heavy atom. The summed E-state index contributed by atoms with van der Waals surface area (Å²) < 4.78 is 6.35. The van der Waals surface area contributed by atoms with E-state index in [0.717, 1.165) is 24.2 Å². The molecule has 0 bridgehead atoms. The Hall–Kier alpha value is -2.72. The SMILES string of the molecule is Cc1cccc(C)c1-c1cccc2c1CC[C@H]2Oc1ccc(C(S)CC(N)=O)cc1. The zero-order valence-corrected chi connectivity index (χ0v) is 18.3. The number of benzene rings is 3. The van der Waals surface area contributed by atoms with E-state index in [4.69, 9.17) is 10.5 Å².